The predicted octanol–water partition coefficient (Wildman–Crippen LogP) is 2.91. The molecule has 4 heteroatoms. The van der Waals surface area contributed by atoms with Gasteiger partial charge in [-0.15, -0.1) is 11.3 Å². The summed E-state index contributed by atoms with van der Waals surface area (Å²) >= 11 is 1.66. The Kier molecular flexibility index (Phi) is 5.75. The van der Waals surface area contributed by atoms with Crippen molar-refractivity contribution in [3.8, 4) is 0 Å². The van der Waals surface area contributed by atoms with E-state index in [1.807, 2.05) is 6.07 Å². The molecule has 0 aliphatic carbocycles. The Hall–Kier alpha value is -0.710. The summed E-state index contributed by atoms with van der Waals surface area (Å²) in [6.45, 7) is 8.20. The zero-order valence-electron chi connectivity index (χ0n) is 12.9. The molecule has 2 heterocycles. The average Bonchev–Trinajstić information content (AvgIpc) is 2.85. The monoisotopic (exact) mass is 294 g/mol. The molecule has 1 aliphatic rings. The molecular weight excluding hydrogens is 268 g/mol. The SMILES string of the molecule is CCc1ccc(C(=O)CN2CCCN(C)CC2CC)s1. The molecular formula is C16H26N2OS. The summed E-state index contributed by atoms with van der Waals surface area (Å²) < 4.78 is 0. The van der Waals surface area contributed by atoms with E-state index >= 15 is 0 Å². The highest BCUT2D eigenvalue weighted by Crippen LogP contribution is 2.19. The fourth-order valence-corrected chi connectivity index (χ4v) is 3.75. The van der Waals surface area contributed by atoms with Crippen LogP contribution in [0.25, 0.3) is 0 Å². The van der Waals surface area contributed by atoms with Crippen molar-refractivity contribution in [1.82, 2.24) is 9.80 Å². The van der Waals surface area contributed by atoms with Gasteiger partial charge >= 0.3 is 0 Å². The van der Waals surface area contributed by atoms with Crippen LogP contribution in [0.3, 0.4) is 0 Å². The zero-order chi connectivity index (χ0) is 14.5. The Morgan fingerprint density at radius 2 is 2.15 bits per heavy atom. The first-order valence-corrected chi connectivity index (χ1v) is 8.50. The molecule has 112 valence electrons. The molecule has 1 aromatic heterocycles. The lowest BCUT2D eigenvalue weighted by molar-refractivity contribution is 0.0892. The van der Waals surface area contributed by atoms with Crippen LogP contribution in [0.15, 0.2) is 12.1 Å². The number of ketones is 1. The molecule has 0 radical (unpaired) electrons. The number of thiophene rings is 1. The van der Waals surface area contributed by atoms with E-state index < -0.39 is 0 Å². The maximum absolute atomic E-state index is 12.5. The predicted molar refractivity (Wildman–Crippen MR) is 85.8 cm³/mol. The van der Waals surface area contributed by atoms with Crippen molar-refractivity contribution in [2.45, 2.75) is 39.2 Å². The standard InChI is InChI=1S/C16H26N2OS/c1-4-13-11-17(3)9-6-10-18(13)12-15(19)16-8-7-14(5-2)20-16/h7-8,13H,4-6,9-12H2,1-3H3. The van der Waals surface area contributed by atoms with Crippen LogP contribution in [0.5, 0.6) is 0 Å². The average molecular weight is 294 g/mol. The van der Waals surface area contributed by atoms with Crippen molar-refractivity contribution < 1.29 is 4.79 Å². The third-order valence-corrected chi connectivity index (χ3v) is 5.40. The van der Waals surface area contributed by atoms with Gasteiger partial charge in [0.05, 0.1) is 11.4 Å². The summed E-state index contributed by atoms with van der Waals surface area (Å²) in [7, 11) is 2.18. The van der Waals surface area contributed by atoms with Gasteiger partial charge in [-0.3, -0.25) is 9.69 Å². The highest BCUT2D eigenvalue weighted by molar-refractivity contribution is 7.14. The minimum Gasteiger partial charge on any atom is -0.305 e. The molecule has 0 spiro atoms. The van der Waals surface area contributed by atoms with Crippen LogP contribution in [0.1, 0.15) is 41.2 Å². The lowest BCUT2D eigenvalue weighted by Crippen LogP contribution is -2.42. The fraction of sp³-hybridized carbons (Fsp3) is 0.688. The number of nitrogens with zero attached hydrogens (tertiary/aromatic N) is 2. The fourth-order valence-electron chi connectivity index (χ4n) is 2.87. The minimum atomic E-state index is 0.290. The summed E-state index contributed by atoms with van der Waals surface area (Å²) in [5.41, 5.74) is 0. The van der Waals surface area contributed by atoms with Crippen LogP contribution in [0.2, 0.25) is 0 Å². The topological polar surface area (TPSA) is 23.6 Å². The largest absolute Gasteiger partial charge is 0.305 e. The van der Waals surface area contributed by atoms with E-state index in [0.717, 1.165) is 43.8 Å². The van der Waals surface area contributed by atoms with Gasteiger partial charge in [0.2, 0.25) is 0 Å². The van der Waals surface area contributed by atoms with E-state index in [4.69, 9.17) is 0 Å². The lowest BCUT2D eigenvalue weighted by Gasteiger charge is -2.29. The first-order chi connectivity index (χ1) is 9.63. The van der Waals surface area contributed by atoms with Crippen molar-refractivity contribution in [3.63, 3.8) is 0 Å². The van der Waals surface area contributed by atoms with E-state index in [2.05, 4.69) is 36.8 Å². The van der Waals surface area contributed by atoms with Gasteiger partial charge in [-0.05, 0) is 45.0 Å². The van der Waals surface area contributed by atoms with Gasteiger partial charge in [0.1, 0.15) is 0 Å². The van der Waals surface area contributed by atoms with Crippen LogP contribution in [0.4, 0.5) is 0 Å². The highest BCUT2D eigenvalue weighted by Gasteiger charge is 2.24. The number of hydrogen-bond acceptors (Lipinski definition) is 4. The Morgan fingerprint density at radius 1 is 1.35 bits per heavy atom. The Labute approximate surface area is 126 Å². The first-order valence-electron chi connectivity index (χ1n) is 7.68. The van der Waals surface area contributed by atoms with E-state index in [1.165, 1.54) is 4.88 Å². The van der Waals surface area contributed by atoms with E-state index in [1.54, 1.807) is 11.3 Å². The van der Waals surface area contributed by atoms with Crippen LogP contribution in [0, 0.1) is 0 Å². The number of carbonyl (C=O) groups excluding carboxylic acids is 1. The van der Waals surface area contributed by atoms with Crippen LogP contribution in [-0.2, 0) is 6.42 Å². The highest BCUT2D eigenvalue weighted by atomic mass is 32.1. The summed E-state index contributed by atoms with van der Waals surface area (Å²) in [4.78, 5) is 19.5. The molecule has 0 amide bonds. The summed E-state index contributed by atoms with van der Waals surface area (Å²) in [5.74, 6) is 0.290. The van der Waals surface area contributed by atoms with Crippen molar-refractivity contribution in [2.24, 2.45) is 0 Å². The first kappa shape index (κ1) is 15.7. The van der Waals surface area contributed by atoms with Crippen LogP contribution < -0.4 is 0 Å². The lowest BCUT2D eigenvalue weighted by atomic mass is 10.1. The second kappa shape index (κ2) is 7.34. The van der Waals surface area contributed by atoms with Gasteiger partial charge in [-0.25, -0.2) is 0 Å². The number of carbonyl (C=O) groups is 1. The molecule has 2 rings (SSSR count). The van der Waals surface area contributed by atoms with Crippen molar-refractivity contribution in [2.75, 3.05) is 33.2 Å². The maximum Gasteiger partial charge on any atom is 0.186 e. The Morgan fingerprint density at radius 3 is 2.80 bits per heavy atom. The van der Waals surface area contributed by atoms with Gasteiger partial charge in [-0.2, -0.15) is 0 Å². The van der Waals surface area contributed by atoms with Crippen LogP contribution in [-0.4, -0.2) is 54.9 Å². The van der Waals surface area contributed by atoms with Crippen molar-refractivity contribution >= 4 is 17.1 Å². The second-order valence-electron chi connectivity index (χ2n) is 5.69. The molecule has 1 fully saturated rings. The van der Waals surface area contributed by atoms with Gasteiger partial charge in [0, 0.05) is 24.0 Å². The number of rotatable bonds is 5. The van der Waals surface area contributed by atoms with E-state index in [0.29, 0.717) is 12.6 Å². The molecule has 1 atom stereocenters. The normalized spacial score (nSPS) is 21.9. The maximum atomic E-state index is 12.5. The molecule has 0 N–H and O–H groups in total. The van der Waals surface area contributed by atoms with Crippen molar-refractivity contribution in [1.29, 1.82) is 0 Å². The molecule has 0 saturated carbocycles. The van der Waals surface area contributed by atoms with E-state index in [9.17, 15) is 4.79 Å². The number of aryl methyl sites for hydroxylation is 1. The van der Waals surface area contributed by atoms with Gasteiger partial charge < -0.3 is 4.90 Å². The third kappa shape index (κ3) is 3.90. The Bertz CT molecular complexity index is 443. The number of likely N-dealkylation sites (N-methyl/N-ethyl adjacent to an activating group) is 1. The molecule has 20 heavy (non-hydrogen) atoms. The summed E-state index contributed by atoms with van der Waals surface area (Å²) in [5, 5.41) is 0. The quantitative estimate of drug-likeness (QED) is 0.780. The minimum absolute atomic E-state index is 0.290. The van der Waals surface area contributed by atoms with Gasteiger partial charge in [0.15, 0.2) is 5.78 Å². The summed E-state index contributed by atoms with van der Waals surface area (Å²) in [6.07, 6.45) is 3.29. The molecule has 0 bridgehead atoms. The van der Waals surface area contributed by atoms with Gasteiger partial charge in [-0.1, -0.05) is 13.8 Å². The molecule has 0 aromatic carbocycles. The Balaban J connectivity index is 2.01. The molecule has 1 saturated heterocycles. The van der Waals surface area contributed by atoms with E-state index in [-0.39, 0.29) is 5.78 Å². The van der Waals surface area contributed by atoms with Gasteiger partial charge in [0.25, 0.3) is 0 Å². The number of Topliss-reactive ketones (excluding diaryl/α,β-unsaturated/α-hetero) is 1. The van der Waals surface area contributed by atoms with Crippen LogP contribution >= 0.6 is 11.3 Å². The third-order valence-electron chi connectivity index (χ3n) is 4.13. The molecule has 3 nitrogen and oxygen atoms in total. The number of hydrogen-bond donors (Lipinski definition) is 0. The smallest absolute Gasteiger partial charge is 0.186 e. The zero-order valence-corrected chi connectivity index (χ0v) is 13.7. The summed E-state index contributed by atoms with van der Waals surface area (Å²) in [6, 6.07) is 4.60. The molecule has 1 aromatic rings. The molecule has 1 unspecified atom stereocenters. The second-order valence-corrected chi connectivity index (χ2v) is 6.86. The van der Waals surface area contributed by atoms with Crippen molar-refractivity contribution in [3.05, 3.63) is 21.9 Å². The molecule has 1 aliphatic heterocycles.